The van der Waals surface area contributed by atoms with Crippen LogP contribution in [0.2, 0.25) is 0 Å². The van der Waals surface area contributed by atoms with E-state index in [4.69, 9.17) is 15.2 Å². The molecule has 0 spiro atoms. The van der Waals surface area contributed by atoms with Gasteiger partial charge in [0.05, 0.1) is 23.9 Å². The zero-order chi connectivity index (χ0) is 12.5. The van der Waals surface area contributed by atoms with Crippen LogP contribution in [-0.4, -0.2) is 55.0 Å². The number of nitrogens with two attached hydrogens (primary N) is 1. The molecule has 4 heteroatoms. The van der Waals surface area contributed by atoms with E-state index in [1.54, 1.807) is 0 Å². The van der Waals surface area contributed by atoms with Crippen LogP contribution in [0.25, 0.3) is 0 Å². The lowest BCUT2D eigenvalue weighted by molar-refractivity contribution is -0.135. The summed E-state index contributed by atoms with van der Waals surface area (Å²) in [7, 11) is 0. The van der Waals surface area contributed by atoms with Gasteiger partial charge in [0, 0.05) is 26.2 Å². The molecular formula is C13H26N2O2. The highest BCUT2D eigenvalue weighted by atomic mass is 16.5. The molecule has 2 aliphatic rings. The van der Waals surface area contributed by atoms with E-state index in [0.717, 1.165) is 32.5 Å². The van der Waals surface area contributed by atoms with Crippen molar-refractivity contribution in [3.8, 4) is 0 Å². The minimum Gasteiger partial charge on any atom is -0.372 e. The molecule has 100 valence electrons. The fraction of sp³-hybridized carbons (Fsp3) is 1.00. The van der Waals surface area contributed by atoms with Crippen molar-refractivity contribution in [3.05, 3.63) is 0 Å². The molecule has 0 aromatic heterocycles. The van der Waals surface area contributed by atoms with Gasteiger partial charge in [-0.25, -0.2) is 0 Å². The second-order valence-corrected chi connectivity index (χ2v) is 6.08. The van der Waals surface area contributed by atoms with E-state index < -0.39 is 0 Å². The second-order valence-electron chi connectivity index (χ2n) is 6.08. The Morgan fingerprint density at radius 3 is 2.59 bits per heavy atom. The molecule has 0 bridgehead atoms. The molecule has 3 atom stereocenters. The highest BCUT2D eigenvalue weighted by Gasteiger charge is 2.34. The summed E-state index contributed by atoms with van der Waals surface area (Å²) in [5, 5.41) is 0. The maximum atomic E-state index is 5.91. The third-order valence-electron chi connectivity index (χ3n) is 3.56. The first kappa shape index (κ1) is 13.3. The molecule has 2 aliphatic heterocycles. The number of rotatable bonds is 3. The zero-order valence-corrected chi connectivity index (χ0v) is 11.3. The van der Waals surface area contributed by atoms with Crippen LogP contribution in [0.4, 0.5) is 0 Å². The molecule has 2 heterocycles. The first-order valence-corrected chi connectivity index (χ1v) is 6.74. The Labute approximate surface area is 104 Å². The van der Waals surface area contributed by atoms with E-state index in [9.17, 15) is 0 Å². The van der Waals surface area contributed by atoms with Gasteiger partial charge in [0.15, 0.2) is 0 Å². The zero-order valence-electron chi connectivity index (χ0n) is 11.3. The second kappa shape index (κ2) is 5.22. The highest BCUT2D eigenvalue weighted by molar-refractivity contribution is 4.85. The molecule has 3 unspecified atom stereocenters. The van der Waals surface area contributed by atoms with Gasteiger partial charge in [0.2, 0.25) is 0 Å². The molecule has 2 rings (SSSR count). The van der Waals surface area contributed by atoms with E-state index >= 15 is 0 Å². The number of morpholine rings is 1. The Bertz CT molecular complexity index is 258. The predicted molar refractivity (Wildman–Crippen MR) is 68.0 cm³/mol. The smallest absolute Gasteiger partial charge is 0.0757 e. The van der Waals surface area contributed by atoms with Crippen molar-refractivity contribution in [1.82, 2.24) is 4.90 Å². The standard InChI is InChI=1S/C13H26N2O2/c1-10-7-15(9-13(2,3)17-10)8-12-5-4-11(6-14)16-12/h10-12H,4-9,14H2,1-3H3. The molecule has 0 amide bonds. The van der Waals surface area contributed by atoms with Crippen LogP contribution in [-0.2, 0) is 9.47 Å². The third-order valence-corrected chi connectivity index (χ3v) is 3.56. The quantitative estimate of drug-likeness (QED) is 0.802. The summed E-state index contributed by atoms with van der Waals surface area (Å²) in [5.41, 5.74) is 5.60. The lowest BCUT2D eigenvalue weighted by atomic mass is 10.0. The summed E-state index contributed by atoms with van der Waals surface area (Å²) >= 11 is 0. The summed E-state index contributed by atoms with van der Waals surface area (Å²) in [4.78, 5) is 2.47. The van der Waals surface area contributed by atoms with Gasteiger partial charge < -0.3 is 15.2 Å². The number of nitrogens with zero attached hydrogens (tertiary/aromatic N) is 1. The van der Waals surface area contributed by atoms with Crippen LogP contribution in [0, 0.1) is 0 Å². The molecule has 2 fully saturated rings. The maximum absolute atomic E-state index is 5.91. The van der Waals surface area contributed by atoms with Crippen LogP contribution >= 0.6 is 0 Å². The average Bonchev–Trinajstić information content (AvgIpc) is 2.62. The lowest BCUT2D eigenvalue weighted by Crippen LogP contribution is -2.53. The maximum Gasteiger partial charge on any atom is 0.0757 e. The molecule has 0 aromatic rings. The fourth-order valence-corrected chi connectivity index (χ4v) is 3.10. The van der Waals surface area contributed by atoms with E-state index in [-0.39, 0.29) is 11.7 Å². The minimum absolute atomic E-state index is 0.0382. The Morgan fingerprint density at radius 1 is 1.29 bits per heavy atom. The van der Waals surface area contributed by atoms with Gasteiger partial charge in [0.25, 0.3) is 0 Å². The monoisotopic (exact) mass is 242 g/mol. The van der Waals surface area contributed by atoms with Crippen molar-refractivity contribution in [1.29, 1.82) is 0 Å². The number of hydrogen-bond donors (Lipinski definition) is 1. The van der Waals surface area contributed by atoms with Crippen LogP contribution in [0.15, 0.2) is 0 Å². The molecule has 2 saturated heterocycles. The predicted octanol–water partition coefficient (Wildman–Crippen LogP) is 0.992. The van der Waals surface area contributed by atoms with Crippen molar-refractivity contribution >= 4 is 0 Å². The van der Waals surface area contributed by atoms with Gasteiger partial charge in [-0.15, -0.1) is 0 Å². The van der Waals surface area contributed by atoms with Crippen molar-refractivity contribution in [2.75, 3.05) is 26.2 Å². The molecule has 0 aromatic carbocycles. The van der Waals surface area contributed by atoms with Gasteiger partial charge in [-0.2, -0.15) is 0 Å². The Hall–Kier alpha value is -0.160. The molecule has 4 nitrogen and oxygen atoms in total. The molecule has 0 aliphatic carbocycles. The lowest BCUT2D eigenvalue weighted by Gasteiger charge is -2.42. The summed E-state index contributed by atoms with van der Waals surface area (Å²) in [6.07, 6.45) is 3.22. The van der Waals surface area contributed by atoms with Gasteiger partial charge in [-0.3, -0.25) is 4.90 Å². The largest absolute Gasteiger partial charge is 0.372 e. The summed E-state index contributed by atoms with van der Waals surface area (Å²) in [6.45, 7) is 10.1. The van der Waals surface area contributed by atoms with Crippen LogP contribution in [0.3, 0.4) is 0 Å². The van der Waals surface area contributed by atoms with Crippen molar-refractivity contribution in [2.45, 2.75) is 57.5 Å². The normalized spacial score (nSPS) is 38.5. The Balaban J connectivity index is 1.83. The van der Waals surface area contributed by atoms with Gasteiger partial charge in [0.1, 0.15) is 0 Å². The van der Waals surface area contributed by atoms with Crippen LogP contribution < -0.4 is 5.73 Å². The average molecular weight is 242 g/mol. The number of hydrogen-bond acceptors (Lipinski definition) is 4. The van der Waals surface area contributed by atoms with Gasteiger partial charge in [-0.05, 0) is 33.6 Å². The van der Waals surface area contributed by atoms with E-state index in [1.807, 2.05) is 0 Å². The van der Waals surface area contributed by atoms with Crippen LogP contribution in [0.1, 0.15) is 33.6 Å². The van der Waals surface area contributed by atoms with E-state index in [0.29, 0.717) is 18.8 Å². The topological polar surface area (TPSA) is 47.7 Å². The Morgan fingerprint density at radius 2 is 2.00 bits per heavy atom. The molecule has 2 N–H and O–H groups in total. The summed E-state index contributed by atoms with van der Waals surface area (Å²) in [5.74, 6) is 0. The third kappa shape index (κ3) is 3.65. The first-order valence-electron chi connectivity index (χ1n) is 6.74. The summed E-state index contributed by atoms with van der Waals surface area (Å²) in [6, 6.07) is 0. The first-order chi connectivity index (χ1) is 7.98. The van der Waals surface area contributed by atoms with Crippen molar-refractivity contribution in [2.24, 2.45) is 5.73 Å². The van der Waals surface area contributed by atoms with Crippen molar-refractivity contribution in [3.63, 3.8) is 0 Å². The molecule has 0 saturated carbocycles. The minimum atomic E-state index is -0.0382. The summed E-state index contributed by atoms with van der Waals surface area (Å²) < 4.78 is 11.8. The van der Waals surface area contributed by atoms with Gasteiger partial charge in [-0.1, -0.05) is 0 Å². The van der Waals surface area contributed by atoms with E-state index in [2.05, 4.69) is 25.7 Å². The molecular weight excluding hydrogens is 216 g/mol. The molecule has 0 radical (unpaired) electrons. The van der Waals surface area contributed by atoms with Crippen LogP contribution in [0.5, 0.6) is 0 Å². The Kier molecular flexibility index (Phi) is 4.08. The fourth-order valence-electron chi connectivity index (χ4n) is 3.10. The van der Waals surface area contributed by atoms with Gasteiger partial charge >= 0.3 is 0 Å². The van der Waals surface area contributed by atoms with Crippen molar-refractivity contribution < 1.29 is 9.47 Å². The SMILES string of the molecule is CC1CN(CC2CCC(CN)O2)CC(C)(C)O1. The number of ether oxygens (including phenoxy) is 2. The van der Waals surface area contributed by atoms with E-state index in [1.165, 1.54) is 0 Å². The molecule has 17 heavy (non-hydrogen) atoms. The highest BCUT2D eigenvalue weighted by Crippen LogP contribution is 2.24.